The third kappa shape index (κ3) is 5.02. The molecule has 0 N–H and O–H groups in total. The number of benzene rings is 2. The molecule has 0 fully saturated rings. The van der Waals surface area contributed by atoms with E-state index in [1.807, 2.05) is 29.6 Å². The topological polar surface area (TPSA) is 77.4 Å². The highest BCUT2D eigenvalue weighted by Gasteiger charge is 2.34. The third-order valence-corrected chi connectivity index (χ3v) is 6.34. The van der Waals surface area contributed by atoms with Crippen LogP contribution in [-0.4, -0.2) is 43.4 Å². The SMILES string of the molecule is COc1ccc([C@@H]2CC(c3cccs3)=NN2C(=O)COC(=O)c2ccc(Cl)cc2)cc1OC. The number of hydrazone groups is 1. The first kappa shape index (κ1) is 22.8. The molecule has 2 aromatic carbocycles. The number of halogens is 1. The van der Waals surface area contributed by atoms with Gasteiger partial charge >= 0.3 is 5.97 Å². The fourth-order valence-corrected chi connectivity index (χ4v) is 4.36. The monoisotopic (exact) mass is 484 g/mol. The predicted molar refractivity (Wildman–Crippen MR) is 126 cm³/mol. The lowest BCUT2D eigenvalue weighted by molar-refractivity contribution is -0.136. The molecule has 0 bridgehead atoms. The van der Waals surface area contributed by atoms with Gasteiger partial charge in [0.2, 0.25) is 0 Å². The van der Waals surface area contributed by atoms with Gasteiger partial charge in [0.05, 0.1) is 36.4 Å². The molecular formula is C24H21ClN2O5S. The van der Waals surface area contributed by atoms with Crippen molar-refractivity contribution in [3.05, 3.63) is 81.0 Å². The molecule has 170 valence electrons. The van der Waals surface area contributed by atoms with Crippen molar-refractivity contribution in [2.24, 2.45) is 5.10 Å². The van der Waals surface area contributed by atoms with Crippen molar-refractivity contribution in [1.82, 2.24) is 5.01 Å². The second kappa shape index (κ2) is 10.1. The molecule has 0 saturated carbocycles. The van der Waals surface area contributed by atoms with E-state index in [1.54, 1.807) is 55.9 Å². The fraction of sp³-hybridized carbons (Fsp3) is 0.208. The van der Waals surface area contributed by atoms with Crippen LogP contribution in [0.2, 0.25) is 5.02 Å². The summed E-state index contributed by atoms with van der Waals surface area (Å²) in [5.74, 6) is 0.113. The van der Waals surface area contributed by atoms with Crippen LogP contribution >= 0.6 is 22.9 Å². The Labute approximate surface area is 200 Å². The summed E-state index contributed by atoms with van der Waals surface area (Å²) in [6.45, 7) is -0.438. The molecule has 1 atom stereocenters. The first-order valence-corrected chi connectivity index (χ1v) is 11.3. The molecule has 4 rings (SSSR count). The molecule has 1 aromatic heterocycles. The molecule has 0 radical (unpaired) electrons. The van der Waals surface area contributed by atoms with Crippen LogP contribution < -0.4 is 9.47 Å². The molecule has 33 heavy (non-hydrogen) atoms. The summed E-state index contributed by atoms with van der Waals surface area (Å²) < 4.78 is 16.0. The highest BCUT2D eigenvalue weighted by atomic mass is 35.5. The number of nitrogens with zero attached hydrogens (tertiary/aromatic N) is 2. The molecule has 1 amide bonds. The van der Waals surface area contributed by atoms with Crippen LogP contribution in [0.25, 0.3) is 0 Å². The van der Waals surface area contributed by atoms with Crippen LogP contribution in [0, 0.1) is 0 Å². The number of esters is 1. The van der Waals surface area contributed by atoms with E-state index < -0.39 is 18.5 Å². The number of ether oxygens (including phenoxy) is 3. The number of hydrogen-bond acceptors (Lipinski definition) is 7. The molecule has 0 aliphatic carbocycles. The number of amides is 1. The molecule has 0 spiro atoms. The van der Waals surface area contributed by atoms with E-state index in [4.69, 9.17) is 25.8 Å². The zero-order valence-corrected chi connectivity index (χ0v) is 19.6. The van der Waals surface area contributed by atoms with Gasteiger partial charge in [-0.2, -0.15) is 5.10 Å². The lowest BCUT2D eigenvalue weighted by atomic mass is 10.0. The Hall–Kier alpha value is -3.36. The molecule has 0 saturated heterocycles. The van der Waals surface area contributed by atoms with Crippen LogP contribution in [0.4, 0.5) is 0 Å². The average molecular weight is 485 g/mol. The van der Waals surface area contributed by atoms with Gasteiger partial charge < -0.3 is 14.2 Å². The molecule has 2 heterocycles. The minimum absolute atomic E-state index is 0.313. The summed E-state index contributed by atoms with van der Waals surface area (Å²) in [6.07, 6.45) is 0.521. The van der Waals surface area contributed by atoms with Crippen molar-refractivity contribution in [3.63, 3.8) is 0 Å². The van der Waals surface area contributed by atoms with Gasteiger partial charge in [0.1, 0.15) is 0 Å². The minimum Gasteiger partial charge on any atom is -0.493 e. The molecule has 1 aliphatic heterocycles. The summed E-state index contributed by atoms with van der Waals surface area (Å²) in [4.78, 5) is 26.4. The third-order valence-electron chi connectivity index (χ3n) is 5.17. The van der Waals surface area contributed by atoms with Crippen molar-refractivity contribution in [2.75, 3.05) is 20.8 Å². The number of thiophene rings is 1. The number of rotatable bonds is 7. The van der Waals surface area contributed by atoms with E-state index in [-0.39, 0.29) is 6.04 Å². The zero-order valence-electron chi connectivity index (χ0n) is 18.0. The van der Waals surface area contributed by atoms with E-state index in [2.05, 4.69) is 5.10 Å². The van der Waals surface area contributed by atoms with Gasteiger partial charge in [0.25, 0.3) is 5.91 Å². The second-order valence-electron chi connectivity index (χ2n) is 7.18. The van der Waals surface area contributed by atoms with Gasteiger partial charge in [-0.1, -0.05) is 23.7 Å². The van der Waals surface area contributed by atoms with E-state index in [1.165, 1.54) is 5.01 Å². The molecule has 7 nitrogen and oxygen atoms in total. The number of carbonyl (C=O) groups is 2. The van der Waals surface area contributed by atoms with E-state index in [0.717, 1.165) is 16.2 Å². The predicted octanol–water partition coefficient (Wildman–Crippen LogP) is 4.95. The highest BCUT2D eigenvalue weighted by Crippen LogP contribution is 2.37. The average Bonchev–Trinajstić information content (AvgIpc) is 3.52. The first-order valence-electron chi connectivity index (χ1n) is 10.1. The summed E-state index contributed by atoms with van der Waals surface area (Å²) in [5, 5.41) is 8.43. The van der Waals surface area contributed by atoms with Gasteiger partial charge in [-0.3, -0.25) is 4.79 Å². The smallest absolute Gasteiger partial charge is 0.338 e. The molecule has 9 heteroatoms. The Balaban J connectivity index is 1.56. The van der Waals surface area contributed by atoms with Crippen molar-refractivity contribution in [1.29, 1.82) is 0 Å². The Morgan fingerprint density at radius 1 is 1.09 bits per heavy atom. The number of carbonyl (C=O) groups excluding carboxylic acids is 2. The van der Waals surface area contributed by atoms with Crippen molar-refractivity contribution < 1.29 is 23.8 Å². The van der Waals surface area contributed by atoms with Gasteiger partial charge in [-0.15, -0.1) is 11.3 Å². The lowest BCUT2D eigenvalue weighted by Crippen LogP contribution is -2.31. The maximum absolute atomic E-state index is 13.1. The van der Waals surface area contributed by atoms with E-state index in [0.29, 0.717) is 28.5 Å². The van der Waals surface area contributed by atoms with Crippen LogP contribution in [0.1, 0.15) is 33.3 Å². The maximum Gasteiger partial charge on any atom is 0.338 e. The normalized spacial score (nSPS) is 15.2. The first-order chi connectivity index (χ1) is 16.0. The van der Waals surface area contributed by atoms with Crippen LogP contribution in [-0.2, 0) is 9.53 Å². The Morgan fingerprint density at radius 2 is 1.85 bits per heavy atom. The zero-order chi connectivity index (χ0) is 23.4. The molecule has 1 aliphatic rings. The lowest BCUT2D eigenvalue weighted by Gasteiger charge is -2.22. The molecular weight excluding hydrogens is 464 g/mol. The standard InChI is InChI=1S/C24H21ClN2O5S/c1-30-20-10-7-16(12-21(20)31-2)19-13-18(22-4-3-11-33-22)26-27(19)23(28)14-32-24(29)15-5-8-17(25)9-6-15/h3-12,19H,13-14H2,1-2H3/t19-/m0/s1. The van der Waals surface area contributed by atoms with Gasteiger partial charge in [0.15, 0.2) is 18.1 Å². The van der Waals surface area contributed by atoms with E-state index >= 15 is 0 Å². The molecule has 0 unspecified atom stereocenters. The summed E-state index contributed by atoms with van der Waals surface area (Å²) in [5.41, 5.74) is 1.94. The summed E-state index contributed by atoms with van der Waals surface area (Å²) in [7, 11) is 3.12. The van der Waals surface area contributed by atoms with Crippen molar-refractivity contribution >= 4 is 40.5 Å². The number of methoxy groups -OCH3 is 2. The van der Waals surface area contributed by atoms with Crippen LogP contribution in [0.3, 0.4) is 0 Å². The largest absolute Gasteiger partial charge is 0.493 e. The quantitative estimate of drug-likeness (QED) is 0.443. The van der Waals surface area contributed by atoms with Crippen molar-refractivity contribution in [2.45, 2.75) is 12.5 Å². The van der Waals surface area contributed by atoms with E-state index in [9.17, 15) is 9.59 Å². The van der Waals surface area contributed by atoms with Crippen molar-refractivity contribution in [3.8, 4) is 11.5 Å². The highest BCUT2D eigenvalue weighted by molar-refractivity contribution is 7.12. The molecule has 3 aromatic rings. The van der Waals surface area contributed by atoms with Gasteiger partial charge in [-0.05, 0) is 53.4 Å². The van der Waals surface area contributed by atoms with Crippen LogP contribution in [0.15, 0.2) is 65.1 Å². The Kier molecular flexibility index (Phi) is 6.96. The number of hydrogen-bond donors (Lipinski definition) is 0. The fourth-order valence-electron chi connectivity index (χ4n) is 3.51. The van der Waals surface area contributed by atoms with Gasteiger partial charge in [0, 0.05) is 11.4 Å². The Morgan fingerprint density at radius 3 is 2.52 bits per heavy atom. The minimum atomic E-state index is -0.607. The Bertz CT molecular complexity index is 1180. The maximum atomic E-state index is 13.1. The van der Waals surface area contributed by atoms with Crippen LogP contribution in [0.5, 0.6) is 11.5 Å². The van der Waals surface area contributed by atoms with Gasteiger partial charge in [-0.25, -0.2) is 9.80 Å². The summed E-state index contributed by atoms with van der Waals surface area (Å²) >= 11 is 7.41. The summed E-state index contributed by atoms with van der Waals surface area (Å²) in [6, 6.07) is 15.3. The second-order valence-corrected chi connectivity index (χ2v) is 8.56.